The number of hydrogen-bond acceptors (Lipinski definition) is 6. The average molecular weight is 543 g/mol. The molecule has 1 aliphatic carbocycles. The van der Waals surface area contributed by atoms with E-state index in [1.807, 2.05) is 42.5 Å². The molecule has 1 aliphatic rings. The summed E-state index contributed by atoms with van der Waals surface area (Å²) >= 11 is 6.12. The number of aliphatic carboxylic acids is 1. The summed E-state index contributed by atoms with van der Waals surface area (Å²) in [5.74, 6) is 0.457. The first-order valence-corrected chi connectivity index (χ1v) is 13.2. The number of aromatic hydroxyl groups is 2. The van der Waals surface area contributed by atoms with Gasteiger partial charge in [0.2, 0.25) is 0 Å². The number of benzene rings is 2. The van der Waals surface area contributed by atoms with Crippen LogP contribution in [0.3, 0.4) is 0 Å². The highest BCUT2D eigenvalue weighted by molar-refractivity contribution is 6.30. The number of nitrogens with zero attached hydrogens (tertiary/aromatic N) is 2. The number of carbonyl (C=O) groups is 1. The molecule has 0 radical (unpaired) electrons. The first-order valence-electron chi connectivity index (χ1n) is 12.8. The zero-order chi connectivity index (χ0) is 27.2. The van der Waals surface area contributed by atoms with Crippen LogP contribution in [-0.4, -0.2) is 51.0 Å². The van der Waals surface area contributed by atoms with Gasteiger partial charge in [-0.25, -0.2) is 0 Å². The van der Waals surface area contributed by atoms with E-state index in [9.17, 15) is 20.1 Å². The lowest BCUT2D eigenvalue weighted by molar-refractivity contribution is -0.141. The number of carboxylic acids is 1. The quantitative estimate of drug-likeness (QED) is 0.269. The number of carboxylic acid groups (broad SMARTS) is 1. The summed E-state index contributed by atoms with van der Waals surface area (Å²) in [5.41, 5.74) is 2.19. The van der Waals surface area contributed by atoms with Crippen LogP contribution in [0.25, 0.3) is 0 Å². The number of halogens is 1. The van der Waals surface area contributed by atoms with E-state index < -0.39 is 5.97 Å². The summed E-state index contributed by atoms with van der Waals surface area (Å²) in [7, 11) is 1.59. The minimum absolute atomic E-state index is 0.0275. The van der Waals surface area contributed by atoms with Crippen LogP contribution < -0.4 is 9.47 Å². The third-order valence-corrected chi connectivity index (χ3v) is 7.66. The lowest BCUT2D eigenvalue weighted by atomic mass is 10.0. The van der Waals surface area contributed by atoms with Crippen LogP contribution in [0.4, 0.5) is 0 Å². The molecule has 1 saturated carbocycles. The third-order valence-electron chi connectivity index (χ3n) is 7.40. The second-order valence-electron chi connectivity index (χ2n) is 9.91. The fourth-order valence-electron chi connectivity index (χ4n) is 5.19. The van der Waals surface area contributed by atoms with Crippen LogP contribution >= 0.6 is 11.6 Å². The number of hydrogen-bond donors (Lipinski definition) is 3. The molecule has 0 unspecified atom stereocenters. The molecule has 9 heteroatoms. The first kappa shape index (κ1) is 27.7. The van der Waals surface area contributed by atoms with Gasteiger partial charge in [0.05, 0.1) is 19.6 Å². The van der Waals surface area contributed by atoms with Crippen LogP contribution in [-0.2, 0) is 17.9 Å². The summed E-state index contributed by atoms with van der Waals surface area (Å²) in [5, 5.41) is 29.8. The number of ether oxygens (including phenoxy) is 2. The van der Waals surface area contributed by atoms with Gasteiger partial charge in [-0.05, 0) is 67.5 Å². The van der Waals surface area contributed by atoms with Crippen molar-refractivity contribution >= 4 is 17.6 Å². The van der Waals surface area contributed by atoms with Gasteiger partial charge in [0.1, 0.15) is 6.61 Å². The predicted octanol–water partition coefficient (Wildman–Crippen LogP) is 5.70. The first-order chi connectivity index (χ1) is 18.2. The molecule has 0 spiro atoms. The summed E-state index contributed by atoms with van der Waals surface area (Å²) in [6.07, 6.45) is 2.33. The molecular formula is C29H35ClN2O6. The van der Waals surface area contributed by atoms with E-state index in [1.165, 1.54) is 16.7 Å². The minimum atomic E-state index is -0.702. The highest BCUT2D eigenvalue weighted by Gasteiger charge is 2.32. The van der Waals surface area contributed by atoms with Crippen molar-refractivity contribution in [3.8, 4) is 23.3 Å². The summed E-state index contributed by atoms with van der Waals surface area (Å²) in [4.78, 5) is 13.9. The molecule has 4 rings (SSSR count). The van der Waals surface area contributed by atoms with Crippen molar-refractivity contribution in [2.75, 3.05) is 20.3 Å². The standard InChI is InChI=1S/C29H35ClN2O6/c1-19(22-6-8-24(30)9-7-22)31(17-20-3-5-23(15-20)29(35)36)18-21-4-10-25(26(16-21)37-2)38-14-13-32-27(33)11-12-28(32)34/h4,6-12,16,19-20,23,33-34H,3,5,13-15,17-18H2,1-2H3,(H,35,36)/t19-,20-,23-/m0/s1. The molecule has 8 nitrogen and oxygen atoms in total. The monoisotopic (exact) mass is 542 g/mol. The summed E-state index contributed by atoms with van der Waals surface area (Å²) in [6, 6.07) is 16.6. The van der Waals surface area contributed by atoms with Gasteiger partial charge in [-0.15, -0.1) is 0 Å². The van der Waals surface area contributed by atoms with Gasteiger partial charge >= 0.3 is 5.97 Å². The van der Waals surface area contributed by atoms with E-state index in [1.54, 1.807) is 7.11 Å². The van der Waals surface area contributed by atoms with E-state index >= 15 is 0 Å². The Morgan fingerprint density at radius 3 is 2.42 bits per heavy atom. The Balaban J connectivity index is 1.47. The lowest BCUT2D eigenvalue weighted by Gasteiger charge is -2.32. The van der Waals surface area contributed by atoms with Gasteiger partial charge in [0.25, 0.3) is 0 Å². The summed E-state index contributed by atoms with van der Waals surface area (Å²) < 4.78 is 12.9. The van der Waals surface area contributed by atoms with Gasteiger partial charge in [-0.1, -0.05) is 29.8 Å². The Kier molecular flexibility index (Phi) is 9.07. The largest absolute Gasteiger partial charge is 0.494 e. The van der Waals surface area contributed by atoms with E-state index in [0.29, 0.717) is 35.4 Å². The maximum Gasteiger partial charge on any atom is 0.306 e. The van der Waals surface area contributed by atoms with Gasteiger partial charge in [0, 0.05) is 36.3 Å². The molecule has 1 fully saturated rings. The molecular weight excluding hydrogens is 508 g/mol. The Morgan fingerprint density at radius 1 is 1.08 bits per heavy atom. The van der Waals surface area contributed by atoms with Crippen LogP contribution in [0.1, 0.15) is 43.4 Å². The Bertz CT molecular complexity index is 1210. The van der Waals surface area contributed by atoms with Crippen LogP contribution in [0.2, 0.25) is 5.02 Å². The second-order valence-corrected chi connectivity index (χ2v) is 10.3. The van der Waals surface area contributed by atoms with E-state index in [0.717, 1.165) is 30.5 Å². The zero-order valence-electron chi connectivity index (χ0n) is 21.7. The van der Waals surface area contributed by atoms with Crippen LogP contribution in [0.15, 0.2) is 54.6 Å². The molecule has 0 aliphatic heterocycles. The molecule has 204 valence electrons. The van der Waals surface area contributed by atoms with E-state index in [2.05, 4.69) is 11.8 Å². The third kappa shape index (κ3) is 6.74. The predicted molar refractivity (Wildman–Crippen MR) is 145 cm³/mol. The Labute approximate surface area is 228 Å². The normalized spacial score (nSPS) is 18.0. The molecule has 1 heterocycles. The molecule has 2 aromatic carbocycles. The maximum atomic E-state index is 11.5. The van der Waals surface area contributed by atoms with Crippen molar-refractivity contribution in [3.63, 3.8) is 0 Å². The molecule has 3 atom stereocenters. The number of aromatic nitrogens is 1. The van der Waals surface area contributed by atoms with E-state index in [-0.39, 0.29) is 36.9 Å². The highest BCUT2D eigenvalue weighted by atomic mass is 35.5. The number of methoxy groups -OCH3 is 1. The van der Waals surface area contributed by atoms with Gasteiger partial charge in [-0.2, -0.15) is 0 Å². The Hall–Kier alpha value is -3.36. The Morgan fingerprint density at radius 2 is 1.79 bits per heavy atom. The maximum absolute atomic E-state index is 11.5. The molecule has 38 heavy (non-hydrogen) atoms. The van der Waals surface area contributed by atoms with Crippen molar-refractivity contribution in [2.45, 2.75) is 45.3 Å². The van der Waals surface area contributed by atoms with Crippen molar-refractivity contribution in [3.05, 3.63) is 70.7 Å². The minimum Gasteiger partial charge on any atom is -0.494 e. The fourth-order valence-corrected chi connectivity index (χ4v) is 5.32. The highest BCUT2D eigenvalue weighted by Crippen LogP contribution is 2.35. The summed E-state index contributed by atoms with van der Waals surface area (Å²) in [6.45, 7) is 4.11. The van der Waals surface area contributed by atoms with Crippen molar-refractivity contribution in [2.24, 2.45) is 11.8 Å². The molecule has 0 amide bonds. The molecule has 0 saturated heterocycles. The van der Waals surface area contributed by atoms with Crippen LogP contribution in [0, 0.1) is 11.8 Å². The molecule has 0 bridgehead atoms. The SMILES string of the molecule is COc1cc(CN(C[C@H]2CC[C@H](C(=O)O)C2)[C@@H](C)c2ccc(Cl)cc2)ccc1OCCn1c(O)ccc1O. The molecule has 3 N–H and O–H groups in total. The molecule has 3 aromatic rings. The number of rotatable bonds is 12. The van der Waals surface area contributed by atoms with Crippen LogP contribution in [0.5, 0.6) is 23.3 Å². The van der Waals surface area contributed by atoms with Gasteiger partial charge in [0.15, 0.2) is 23.3 Å². The van der Waals surface area contributed by atoms with E-state index in [4.69, 9.17) is 21.1 Å². The van der Waals surface area contributed by atoms with Crippen molar-refractivity contribution in [1.29, 1.82) is 0 Å². The smallest absolute Gasteiger partial charge is 0.306 e. The second kappa shape index (κ2) is 12.5. The molecule has 1 aromatic heterocycles. The van der Waals surface area contributed by atoms with Crippen molar-refractivity contribution in [1.82, 2.24) is 9.47 Å². The zero-order valence-corrected chi connectivity index (χ0v) is 22.5. The fraction of sp³-hybridized carbons (Fsp3) is 0.414. The van der Waals surface area contributed by atoms with Gasteiger partial charge in [-0.3, -0.25) is 14.3 Å². The topological polar surface area (TPSA) is 104 Å². The lowest BCUT2D eigenvalue weighted by Crippen LogP contribution is -2.31. The van der Waals surface area contributed by atoms with Crippen molar-refractivity contribution < 1.29 is 29.6 Å². The van der Waals surface area contributed by atoms with Gasteiger partial charge < -0.3 is 24.8 Å². The average Bonchev–Trinajstić information content (AvgIpc) is 3.51.